The van der Waals surface area contributed by atoms with Crippen molar-refractivity contribution in [3.63, 3.8) is 0 Å². The summed E-state index contributed by atoms with van der Waals surface area (Å²) >= 11 is 2.71. The van der Waals surface area contributed by atoms with E-state index in [2.05, 4.69) is 36.3 Å². The number of amides is 2. The van der Waals surface area contributed by atoms with E-state index in [0.717, 1.165) is 18.5 Å². The van der Waals surface area contributed by atoms with Gasteiger partial charge in [-0.05, 0) is 36.0 Å². The zero-order valence-corrected chi connectivity index (χ0v) is 18.3. The molecule has 0 atom stereocenters. The van der Waals surface area contributed by atoms with Crippen molar-refractivity contribution >= 4 is 45.7 Å². The highest BCUT2D eigenvalue weighted by molar-refractivity contribution is 8.01. The van der Waals surface area contributed by atoms with Gasteiger partial charge in [-0.1, -0.05) is 62.9 Å². The molecule has 28 heavy (non-hydrogen) atoms. The first-order valence-electron chi connectivity index (χ1n) is 9.46. The van der Waals surface area contributed by atoms with Crippen LogP contribution in [0.3, 0.4) is 0 Å². The van der Waals surface area contributed by atoms with Gasteiger partial charge < -0.3 is 5.32 Å². The van der Waals surface area contributed by atoms with Crippen molar-refractivity contribution in [3.05, 3.63) is 29.8 Å². The number of anilines is 2. The third kappa shape index (κ3) is 5.32. The molecular weight excluding hydrogens is 392 g/mol. The zero-order chi connectivity index (χ0) is 20.3. The van der Waals surface area contributed by atoms with Crippen LogP contribution >= 0.6 is 23.1 Å². The minimum Gasteiger partial charge on any atom is -0.325 e. The molecule has 0 spiro atoms. The van der Waals surface area contributed by atoms with Crippen LogP contribution in [-0.4, -0.2) is 33.8 Å². The van der Waals surface area contributed by atoms with Crippen molar-refractivity contribution in [1.82, 2.24) is 10.2 Å². The first kappa shape index (κ1) is 20.8. The van der Waals surface area contributed by atoms with E-state index in [1.807, 2.05) is 31.2 Å². The van der Waals surface area contributed by atoms with Gasteiger partial charge in [0.15, 0.2) is 4.34 Å². The summed E-state index contributed by atoms with van der Waals surface area (Å²) in [6.45, 7) is 8.33. The summed E-state index contributed by atoms with van der Waals surface area (Å²) in [5, 5.41) is 11.8. The number of nitrogens with zero attached hydrogens (tertiary/aromatic N) is 3. The van der Waals surface area contributed by atoms with Crippen LogP contribution in [0.4, 0.5) is 10.8 Å². The van der Waals surface area contributed by atoms with Gasteiger partial charge in [-0.2, -0.15) is 0 Å². The molecule has 1 saturated carbocycles. The van der Waals surface area contributed by atoms with Crippen LogP contribution in [0.15, 0.2) is 28.6 Å². The smallest absolute Gasteiger partial charge is 0.234 e. The maximum atomic E-state index is 12.2. The van der Waals surface area contributed by atoms with Gasteiger partial charge >= 0.3 is 0 Å². The normalized spacial score (nSPS) is 14.0. The van der Waals surface area contributed by atoms with Gasteiger partial charge in [0.2, 0.25) is 16.9 Å². The molecule has 1 N–H and O–H groups in total. The standard InChI is InChI=1S/C20H26N4O2S2/c1-5-17(26)24(15-10-11-15)18-22-23-19(28-18)27-12-16(25)21-14-8-6-13(7-9-14)20(2,3)4/h6-9,15H,5,10-12H2,1-4H3,(H,21,25). The maximum absolute atomic E-state index is 12.2. The summed E-state index contributed by atoms with van der Waals surface area (Å²) in [4.78, 5) is 26.2. The maximum Gasteiger partial charge on any atom is 0.234 e. The highest BCUT2D eigenvalue weighted by Crippen LogP contribution is 2.36. The molecule has 0 aliphatic heterocycles. The molecule has 8 heteroatoms. The largest absolute Gasteiger partial charge is 0.325 e. The van der Waals surface area contributed by atoms with E-state index >= 15 is 0 Å². The molecule has 6 nitrogen and oxygen atoms in total. The number of hydrogen-bond acceptors (Lipinski definition) is 6. The van der Waals surface area contributed by atoms with Gasteiger partial charge in [-0.3, -0.25) is 14.5 Å². The Morgan fingerprint density at radius 1 is 1.21 bits per heavy atom. The highest BCUT2D eigenvalue weighted by atomic mass is 32.2. The van der Waals surface area contributed by atoms with Gasteiger partial charge in [0.25, 0.3) is 0 Å². The van der Waals surface area contributed by atoms with E-state index in [-0.39, 0.29) is 29.0 Å². The van der Waals surface area contributed by atoms with Gasteiger partial charge in [0.1, 0.15) is 0 Å². The molecule has 0 saturated heterocycles. The summed E-state index contributed by atoms with van der Waals surface area (Å²) in [6.07, 6.45) is 2.49. The molecule has 2 aromatic rings. The summed E-state index contributed by atoms with van der Waals surface area (Å²) < 4.78 is 0.697. The lowest BCUT2D eigenvalue weighted by Crippen LogP contribution is -2.32. The Kier molecular flexibility index (Phi) is 6.40. The van der Waals surface area contributed by atoms with Gasteiger partial charge in [-0.25, -0.2) is 0 Å². The Morgan fingerprint density at radius 3 is 2.46 bits per heavy atom. The summed E-state index contributed by atoms with van der Waals surface area (Å²) in [7, 11) is 0. The number of benzene rings is 1. The summed E-state index contributed by atoms with van der Waals surface area (Å²) in [6, 6.07) is 8.19. The first-order chi connectivity index (χ1) is 13.3. The molecule has 0 unspecified atom stereocenters. The lowest BCUT2D eigenvalue weighted by molar-refractivity contribution is -0.118. The van der Waals surface area contributed by atoms with Crippen molar-refractivity contribution in [3.8, 4) is 0 Å². The second-order valence-corrected chi connectivity index (χ2v) is 10.0. The van der Waals surface area contributed by atoms with Crippen LogP contribution in [0.5, 0.6) is 0 Å². The van der Waals surface area contributed by atoms with Crippen LogP contribution in [-0.2, 0) is 15.0 Å². The molecule has 0 bridgehead atoms. The van der Waals surface area contributed by atoms with Crippen molar-refractivity contribution in [2.24, 2.45) is 0 Å². The van der Waals surface area contributed by atoms with Crippen LogP contribution in [0.1, 0.15) is 52.5 Å². The van der Waals surface area contributed by atoms with E-state index in [0.29, 0.717) is 15.9 Å². The Morgan fingerprint density at radius 2 is 1.89 bits per heavy atom. The molecule has 1 aliphatic carbocycles. The van der Waals surface area contributed by atoms with Crippen molar-refractivity contribution in [2.75, 3.05) is 16.0 Å². The molecule has 150 valence electrons. The third-order valence-corrected chi connectivity index (χ3v) is 6.50. The number of aromatic nitrogens is 2. The van der Waals surface area contributed by atoms with Crippen LogP contribution in [0.2, 0.25) is 0 Å². The second-order valence-electron chi connectivity index (χ2n) is 7.86. The van der Waals surface area contributed by atoms with Gasteiger partial charge in [-0.15, -0.1) is 10.2 Å². The van der Waals surface area contributed by atoms with Crippen LogP contribution < -0.4 is 10.2 Å². The number of rotatable bonds is 7. The first-order valence-corrected chi connectivity index (χ1v) is 11.3. The Bertz CT molecular complexity index is 839. The number of thioether (sulfide) groups is 1. The number of hydrogen-bond donors (Lipinski definition) is 1. The van der Waals surface area contributed by atoms with E-state index in [1.165, 1.54) is 28.7 Å². The third-order valence-electron chi connectivity index (χ3n) is 4.45. The molecule has 2 amide bonds. The topological polar surface area (TPSA) is 75.2 Å². The fraction of sp³-hybridized carbons (Fsp3) is 0.500. The zero-order valence-electron chi connectivity index (χ0n) is 16.7. The lowest BCUT2D eigenvalue weighted by atomic mass is 9.87. The van der Waals surface area contributed by atoms with Crippen molar-refractivity contribution in [2.45, 2.75) is 62.8 Å². The van der Waals surface area contributed by atoms with E-state index in [1.54, 1.807) is 4.90 Å². The molecule has 1 aromatic carbocycles. The lowest BCUT2D eigenvalue weighted by Gasteiger charge is -2.19. The fourth-order valence-corrected chi connectivity index (χ4v) is 4.44. The Labute approximate surface area is 174 Å². The molecule has 1 heterocycles. The minimum absolute atomic E-state index is 0.0756. The molecular formula is C20H26N4O2S2. The number of carbonyl (C=O) groups excluding carboxylic acids is 2. The molecule has 1 fully saturated rings. The summed E-state index contributed by atoms with van der Waals surface area (Å²) in [5.41, 5.74) is 2.09. The van der Waals surface area contributed by atoms with E-state index in [9.17, 15) is 9.59 Å². The minimum atomic E-state index is -0.0889. The predicted octanol–water partition coefficient (Wildman–Crippen LogP) is 4.47. The molecule has 0 radical (unpaired) electrons. The fourth-order valence-electron chi connectivity index (χ4n) is 2.71. The van der Waals surface area contributed by atoms with Gasteiger partial charge in [0.05, 0.1) is 5.75 Å². The van der Waals surface area contributed by atoms with Crippen molar-refractivity contribution in [1.29, 1.82) is 0 Å². The number of nitrogens with one attached hydrogen (secondary N) is 1. The number of carbonyl (C=O) groups is 2. The summed E-state index contributed by atoms with van der Waals surface area (Å²) in [5.74, 6) is 0.237. The van der Waals surface area contributed by atoms with Crippen LogP contribution in [0.25, 0.3) is 0 Å². The monoisotopic (exact) mass is 418 g/mol. The average Bonchev–Trinajstić information content (AvgIpc) is 3.37. The quantitative estimate of drug-likeness (QED) is 0.530. The predicted molar refractivity (Wildman–Crippen MR) is 115 cm³/mol. The average molecular weight is 419 g/mol. The molecule has 1 aliphatic rings. The Balaban J connectivity index is 1.54. The highest BCUT2D eigenvalue weighted by Gasteiger charge is 2.35. The van der Waals surface area contributed by atoms with E-state index in [4.69, 9.17) is 0 Å². The second kappa shape index (κ2) is 8.61. The Hall–Kier alpha value is -1.93. The SMILES string of the molecule is CCC(=O)N(c1nnc(SCC(=O)Nc2ccc(C(C)(C)C)cc2)s1)C1CC1. The van der Waals surface area contributed by atoms with Crippen LogP contribution in [0, 0.1) is 0 Å². The molecule has 1 aromatic heterocycles. The van der Waals surface area contributed by atoms with E-state index < -0.39 is 0 Å². The molecule has 3 rings (SSSR count). The van der Waals surface area contributed by atoms with Gasteiger partial charge in [0, 0.05) is 18.2 Å². The van der Waals surface area contributed by atoms with Crippen molar-refractivity contribution < 1.29 is 9.59 Å².